The number of nitrogens with zero attached hydrogens (tertiary/aromatic N) is 1. The van der Waals surface area contributed by atoms with Gasteiger partial charge < -0.3 is 9.73 Å². The van der Waals surface area contributed by atoms with Crippen LogP contribution in [0.5, 0.6) is 0 Å². The first kappa shape index (κ1) is 21.0. The Kier molecular flexibility index (Phi) is 8.78. The molecule has 0 saturated carbocycles. The monoisotopic (exact) mass is 374 g/mol. The third-order valence-corrected chi connectivity index (χ3v) is 4.37. The minimum atomic E-state index is -0.228. The molecule has 0 amide bonds. The highest BCUT2D eigenvalue weighted by atomic mass is 35.5. The minimum Gasteiger partial charge on any atom is -0.460 e. The number of rotatable bonds is 6. The summed E-state index contributed by atoms with van der Waals surface area (Å²) in [6.45, 7) is 6.30. The molecule has 1 fully saturated rings. The SMILES string of the molecule is CCN1CCCC1CNCc1ccc(-c2ccc(F)cc2)o1.Cl.Cl. The minimum absolute atomic E-state index is 0. The van der Waals surface area contributed by atoms with Crippen molar-refractivity contribution in [2.75, 3.05) is 19.6 Å². The van der Waals surface area contributed by atoms with E-state index in [1.807, 2.05) is 12.1 Å². The van der Waals surface area contributed by atoms with Gasteiger partial charge >= 0.3 is 0 Å². The van der Waals surface area contributed by atoms with Crippen molar-refractivity contribution in [1.82, 2.24) is 10.2 Å². The zero-order chi connectivity index (χ0) is 15.4. The Bertz CT molecular complexity index is 603. The Balaban J connectivity index is 0.00000144. The molecule has 1 aliphatic rings. The summed E-state index contributed by atoms with van der Waals surface area (Å²) in [5.41, 5.74) is 0.903. The number of likely N-dealkylation sites (N-methyl/N-ethyl adjacent to an activating group) is 1. The zero-order valence-corrected chi connectivity index (χ0v) is 15.5. The van der Waals surface area contributed by atoms with Crippen LogP contribution in [-0.2, 0) is 6.54 Å². The number of furan rings is 1. The van der Waals surface area contributed by atoms with Crippen molar-refractivity contribution in [2.24, 2.45) is 0 Å². The van der Waals surface area contributed by atoms with Gasteiger partial charge in [0.25, 0.3) is 0 Å². The summed E-state index contributed by atoms with van der Waals surface area (Å²) in [5.74, 6) is 1.47. The van der Waals surface area contributed by atoms with Crippen molar-refractivity contribution < 1.29 is 8.81 Å². The second-order valence-electron chi connectivity index (χ2n) is 5.83. The van der Waals surface area contributed by atoms with Crippen LogP contribution in [0.15, 0.2) is 40.8 Å². The van der Waals surface area contributed by atoms with E-state index in [1.165, 1.54) is 31.5 Å². The maximum Gasteiger partial charge on any atom is 0.134 e. The summed E-state index contributed by atoms with van der Waals surface area (Å²) in [6.07, 6.45) is 2.58. The number of likely N-dealkylation sites (tertiary alicyclic amines) is 1. The van der Waals surface area contributed by atoms with Crippen LogP contribution in [0.1, 0.15) is 25.5 Å². The Hall–Kier alpha value is -1.07. The zero-order valence-electron chi connectivity index (χ0n) is 13.8. The van der Waals surface area contributed by atoms with Gasteiger partial charge in [-0.25, -0.2) is 4.39 Å². The highest BCUT2D eigenvalue weighted by molar-refractivity contribution is 5.85. The third-order valence-electron chi connectivity index (χ3n) is 4.37. The van der Waals surface area contributed by atoms with Crippen LogP contribution in [0.3, 0.4) is 0 Å². The number of halogens is 3. The van der Waals surface area contributed by atoms with Gasteiger partial charge in [0.2, 0.25) is 0 Å². The van der Waals surface area contributed by atoms with E-state index in [2.05, 4.69) is 17.1 Å². The summed E-state index contributed by atoms with van der Waals surface area (Å²) < 4.78 is 18.8. The number of hydrogen-bond acceptors (Lipinski definition) is 3. The van der Waals surface area contributed by atoms with E-state index in [9.17, 15) is 4.39 Å². The van der Waals surface area contributed by atoms with Crippen LogP contribution in [-0.4, -0.2) is 30.6 Å². The smallest absolute Gasteiger partial charge is 0.134 e. The first-order valence-corrected chi connectivity index (χ1v) is 8.05. The number of hydrogen-bond donors (Lipinski definition) is 1. The molecule has 0 aliphatic carbocycles. The highest BCUT2D eigenvalue weighted by Gasteiger charge is 2.22. The molecular weight excluding hydrogens is 350 g/mol. The van der Waals surface area contributed by atoms with Gasteiger partial charge in [-0.1, -0.05) is 6.92 Å². The van der Waals surface area contributed by atoms with Gasteiger partial charge in [0.05, 0.1) is 6.54 Å². The Morgan fingerprint density at radius 3 is 2.62 bits per heavy atom. The lowest BCUT2D eigenvalue weighted by atomic mass is 10.2. The Morgan fingerprint density at radius 2 is 1.92 bits per heavy atom. The van der Waals surface area contributed by atoms with Gasteiger partial charge in [0.15, 0.2) is 0 Å². The average molecular weight is 375 g/mol. The fraction of sp³-hybridized carbons (Fsp3) is 0.444. The molecule has 1 atom stereocenters. The van der Waals surface area contributed by atoms with Crippen molar-refractivity contribution >= 4 is 24.8 Å². The van der Waals surface area contributed by atoms with Gasteiger partial charge in [-0.05, 0) is 62.3 Å². The fourth-order valence-corrected chi connectivity index (χ4v) is 3.15. The van der Waals surface area contributed by atoms with Crippen molar-refractivity contribution in [3.63, 3.8) is 0 Å². The van der Waals surface area contributed by atoms with Crippen molar-refractivity contribution in [3.8, 4) is 11.3 Å². The molecule has 134 valence electrons. The van der Waals surface area contributed by atoms with E-state index in [0.717, 1.165) is 36.7 Å². The summed E-state index contributed by atoms with van der Waals surface area (Å²) >= 11 is 0. The molecule has 0 radical (unpaired) electrons. The van der Waals surface area contributed by atoms with Crippen LogP contribution in [0.25, 0.3) is 11.3 Å². The largest absolute Gasteiger partial charge is 0.460 e. The van der Waals surface area contributed by atoms with Crippen LogP contribution < -0.4 is 5.32 Å². The molecule has 2 aromatic rings. The van der Waals surface area contributed by atoms with E-state index in [-0.39, 0.29) is 30.6 Å². The second-order valence-corrected chi connectivity index (χ2v) is 5.83. The molecule has 1 aromatic heterocycles. The van der Waals surface area contributed by atoms with Crippen molar-refractivity contribution in [1.29, 1.82) is 0 Å². The van der Waals surface area contributed by atoms with Gasteiger partial charge in [-0.2, -0.15) is 0 Å². The summed E-state index contributed by atoms with van der Waals surface area (Å²) in [7, 11) is 0. The quantitative estimate of drug-likeness (QED) is 0.806. The number of nitrogens with one attached hydrogen (secondary N) is 1. The number of benzene rings is 1. The van der Waals surface area contributed by atoms with Gasteiger partial charge in [0.1, 0.15) is 17.3 Å². The summed E-state index contributed by atoms with van der Waals surface area (Å²) in [6, 6.07) is 11.0. The van der Waals surface area contributed by atoms with E-state index < -0.39 is 0 Å². The van der Waals surface area contributed by atoms with E-state index in [4.69, 9.17) is 4.42 Å². The highest BCUT2D eigenvalue weighted by Crippen LogP contribution is 2.22. The topological polar surface area (TPSA) is 28.4 Å². The molecule has 2 heterocycles. The fourth-order valence-electron chi connectivity index (χ4n) is 3.15. The predicted octanol–water partition coefficient (Wildman–Crippen LogP) is 4.50. The van der Waals surface area contributed by atoms with Crippen LogP contribution in [0, 0.1) is 5.82 Å². The molecule has 1 N–H and O–H groups in total. The normalized spacial score (nSPS) is 17.3. The average Bonchev–Trinajstić information content (AvgIpc) is 3.17. The maximum atomic E-state index is 12.9. The van der Waals surface area contributed by atoms with E-state index in [1.54, 1.807) is 12.1 Å². The molecule has 1 aromatic carbocycles. The van der Waals surface area contributed by atoms with Gasteiger partial charge in [-0.3, -0.25) is 4.90 Å². The van der Waals surface area contributed by atoms with Crippen molar-refractivity contribution in [2.45, 2.75) is 32.4 Å². The molecule has 0 spiro atoms. The van der Waals surface area contributed by atoms with Crippen LogP contribution in [0.4, 0.5) is 4.39 Å². The van der Waals surface area contributed by atoms with Gasteiger partial charge in [0, 0.05) is 18.2 Å². The Morgan fingerprint density at radius 1 is 1.17 bits per heavy atom. The second kappa shape index (κ2) is 10.0. The maximum absolute atomic E-state index is 12.9. The predicted molar refractivity (Wildman–Crippen MR) is 101 cm³/mol. The van der Waals surface area contributed by atoms with Crippen LogP contribution >= 0.6 is 24.8 Å². The summed E-state index contributed by atoms with van der Waals surface area (Å²) in [5, 5.41) is 3.49. The molecular formula is C18H25Cl2FN2O. The molecule has 1 aliphatic heterocycles. The molecule has 1 saturated heterocycles. The van der Waals surface area contributed by atoms with Crippen LogP contribution in [0.2, 0.25) is 0 Å². The molecule has 3 nitrogen and oxygen atoms in total. The first-order valence-electron chi connectivity index (χ1n) is 8.05. The lowest BCUT2D eigenvalue weighted by Crippen LogP contribution is -2.37. The standard InChI is InChI=1S/C18H23FN2O.2ClH/c1-2-21-11-3-4-16(21)12-20-13-17-9-10-18(22-17)14-5-7-15(19)8-6-14;;/h5-10,16,20H,2-4,11-13H2,1H3;2*1H. The van der Waals surface area contributed by atoms with E-state index in [0.29, 0.717) is 6.04 Å². The summed E-state index contributed by atoms with van der Waals surface area (Å²) in [4.78, 5) is 2.53. The molecule has 3 rings (SSSR count). The molecule has 24 heavy (non-hydrogen) atoms. The molecule has 1 unspecified atom stereocenters. The first-order chi connectivity index (χ1) is 10.8. The third kappa shape index (κ3) is 5.21. The lowest BCUT2D eigenvalue weighted by molar-refractivity contribution is 0.258. The molecule has 6 heteroatoms. The van der Waals surface area contributed by atoms with E-state index >= 15 is 0 Å². The molecule has 0 bridgehead atoms. The Labute approximate surface area is 155 Å². The lowest BCUT2D eigenvalue weighted by Gasteiger charge is -2.22. The van der Waals surface area contributed by atoms with Crippen molar-refractivity contribution in [3.05, 3.63) is 48.0 Å². The van der Waals surface area contributed by atoms with Gasteiger partial charge in [-0.15, -0.1) is 24.8 Å².